The zero-order valence-corrected chi connectivity index (χ0v) is 15.3. The highest BCUT2D eigenvalue weighted by molar-refractivity contribution is 6.43. The molecule has 0 aliphatic heterocycles. The first-order valence-electron chi connectivity index (χ1n) is 7.69. The van der Waals surface area contributed by atoms with E-state index in [4.69, 9.17) is 23.2 Å². The number of rotatable bonds is 4. The van der Waals surface area contributed by atoms with Crippen LogP contribution in [-0.2, 0) is 11.3 Å². The molecule has 0 radical (unpaired) electrons. The van der Waals surface area contributed by atoms with E-state index < -0.39 is 11.6 Å². The molecule has 0 unspecified atom stereocenters. The molecule has 0 bridgehead atoms. The van der Waals surface area contributed by atoms with Crippen molar-refractivity contribution < 1.29 is 4.79 Å². The Morgan fingerprint density at radius 2 is 1.88 bits per heavy atom. The molecule has 2 aromatic carbocycles. The molecule has 1 N–H and O–H groups in total. The van der Waals surface area contributed by atoms with Crippen LogP contribution < -0.4 is 11.0 Å². The van der Waals surface area contributed by atoms with Crippen LogP contribution in [0.3, 0.4) is 0 Å². The normalized spacial score (nSPS) is 10.6. The largest absolute Gasteiger partial charge is 0.365 e. The maximum Gasteiger partial charge on any atom is 0.365 e. The number of hydrogen-bond donors (Lipinski definition) is 1. The van der Waals surface area contributed by atoms with E-state index in [0.29, 0.717) is 16.4 Å². The van der Waals surface area contributed by atoms with Gasteiger partial charge in [-0.1, -0.05) is 59.1 Å². The fraction of sp³-hybridized carbons (Fsp3) is 0.111. The fourth-order valence-corrected chi connectivity index (χ4v) is 2.61. The second-order valence-electron chi connectivity index (χ2n) is 5.60. The van der Waals surface area contributed by atoms with Gasteiger partial charge in [0.1, 0.15) is 6.54 Å². The summed E-state index contributed by atoms with van der Waals surface area (Å²) < 4.78 is 0.978. The van der Waals surface area contributed by atoms with Gasteiger partial charge in [0.2, 0.25) is 5.91 Å². The Hall–Kier alpha value is -2.70. The lowest BCUT2D eigenvalue weighted by molar-refractivity contribution is -0.117. The zero-order chi connectivity index (χ0) is 18.7. The number of nitrogens with zero attached hydrogens (tertiary/aromatic N) is 3. The molecule has 0 saturated carbocycles. The summed E-state index contributed by atoms with van der Waals surface area (Å²) in [6, 6.07) is 12.4. The van der Waals surface area contributed by atoms with Gasteiger partial charge in [0.15, 0.2) is 0 Å². The van der Waals surface area contributed by atoms with Crippen LogP contribution in [0.2, 0.25) is 10.0 Å². The summed E-state index contributed by atoms with van der Waals surface area (Å²) in [4.78, 5) is 28.3. The fourth-order valence-electron chi connectivity index (χ4n) is 2.26. The van der Waals surface area contributed by atoms with E-state index in [9.17, 15) is 9.59 Å². The van der Waals surface area contributed by atoms with Crippen LogP contribution in [0.1, 0.15) is 5.56 Å². The van der Waals surface area contributed by atoms with Crippen LogP contribution in [-0.4, -0.2) is 20.7 Å². The van der Waals surface area contributed by atoms with Crippen LogP contribution in [0, 0.1) is 6.92 Å². The highest BCUT2D eigenvalue weighted by Crippen LogP contribution is 2.29. The van der Waals surface area contributed by atoms with Gasteiger partial charge < -0.3 is 5.32 Å². The number of nitrogens with one attached hydrogen (secondary N) is 1. The number of amides is 1. The van der Waals surface area contributed by atoms with E-state index in [2.05, 4.69) is 15.4 Å². The maximum atomic E-state index is 12.2. The van der Waals surface area contributed by atoms with Crippen molar-refractivity contribution in [2.75, 3.05) is 5.32 Å². The van der Waals surface area contributed by atoms with Crippen molar-refractivity contribution in [1.29, 1.82) is 0 Å². The first-order valence-corrected chi connectivity index (χ1v) is 8.45. The Kier molecular flexibility index (Phi) is 5.35. The Bertz CT molecular complexity index is 1020. The number of hydrogen-bond acceptors (Lipinski definition) is 4. The monoisotopic (exact) mass is 388 g/mol. The SMILES string of the molecule is Cc1ccc(-c2cnn(CC(=O)Nc3cccc(Cl)c3Cl)c(=O)n2)cc1. The van der Waals surface area contributed by atoms with Crippen molar-refractivity contribution in [3.05, 3.63) is 74.8 Å². The minimum absolute atomic E-state index is 0.232. The van der Waals surface area contributed by atoms with Crippen molar-refractivity contribution in [3.63, 3.8) is 0 Å². The number of aryl methyl sites for hydroxylation is 1. The number of anilines is 1. The maximum absolute atomic E-state index is 12.2. The average Bonchev–Trinajstić information content (AvgIpc) is 2.61. The molecule has 0 spiro atoms. The molecule has 0 atom stereocenters. The minimum Gasteiger partial charge on any atom is -0.323 e. The minimum atomic E-state index is -0.615. The predicted octanol–water partition coefficient (Wildman–Crippen LogP) is 3.56. The van der Waals surface area contributed by atoms with Gasteiger partial charge in [-0.2, -0.15) is 10.1 Å². The zero-order valence-electron chi connectivity index (χ0n) is 13.7. The molecule has 0 aliphatic rings. The molecule has 1 heterocycles. The third-order valence-electron chi connectivity index (χ3n) is 3.62. The van der Waals surface area contributed by atoms with Crippen molar-refractivity contribution in [2.45, 2.75) is 13.5 Å². The van der Waals surface area contributed by atoms with Crippen LogP contribution in [0.5, 0.6) is 0 Å². The molecule has 132 valence electrons. The molecular formula is C18H14Cl2N4O2. The highest BCUT2D eigenvalue weighted by Gasteiger charge is 2.11. The van der Waals surface area contributed by atoms with E-state index in [0.717, 1.165) is 15.8 Å². The van der Waals surface area contributed by atoms with Crippen LogP contribution in [0.4, 0.5) is 5.69 Å². The smallest absolute Gasteiger partial charge is 0.323 e. The number of carbonyl (C=O) groups is 1. The summed E-state index contributed by atoms with van der Waals surface area (Å²) in [7, 11) is 0. The molecule has 1 amide bonds. The third kappa shape index (κ3) is 4.09. The van der Waals surface area contributed by atoms with Gasteiger partial charge in [0.05, 0.1) is 27.6 Å². The first-order chi connectivity index (χ1) is 12.4. The van der Waals surface area contributed by atoms with Crippen molar-refractivity contribution >= 4 is 34.8 Å². The summed E-state index contributed by atoms with van der Waals surface area (Å²) in [5.74, 6) is -0.464. The topological polar surface area (TPSA) is 76.9 Å². The summed E-state index contributed by atoms with van der Waals surface area (Å²) in [6.07, 6.45) is 1.45. The van der Waals surface area contributed by atoms with Gasteiger partial charge in [-0.05, 0) is 19.1 Å². The van der Waals surface area contributed by atoms with Gasteiger partial charge >= 0.3 is 5.69 Å². The van der Waals surface area contributed by atoms with Crippen molar-refractivity contribution in [3.8, 4) is 11.3 Å². The van der Waals surface area contributed by atoms with Crippen LogP contribution >= 0.6 is 23.2 Å². The molecular weight excluding hydrogens is 375 g/mol. The summed E-state index contributed by atoms with van der Waals surface area (Å²) in [5.41, 5.74) is 2.08. The summed E-state index contributed by atoms with van der Waals surface area (Å²) >= 11 is 11.9. The summed E-state index contributed by atoms with van der Waals surface area (Å²) in [5, 5.41) is 7.17. The lowest BCUT2D eigenvalue weighted by Gasteiger charge is -2.09. The Balaban J connectivity index is 1.76. The molecule has 0 fully saturated rings. The summed E-state index contributed by atoms with van der Waals surface area (Å²) in [6.45, 7) is 1.68. The van der Waals surface area contributed by atoms with Gasteiger partial charge in [0, 0.05) is 5.56 Å². The Labute approximate surface area is 159 Å². The van der Waals surface area contributed by atoms with E-state index in [1.54, 1.807) is 18.2 Å². The van der Waals surface area contributed by atoms with Crippen molar-refractivity contribution in [1.82, 2.24) is 14.8 Å². The molecule has 26 heavy (non-hydrogen) atoms. The predicted molar refractivity (Wildman–Crippen MR) is 102 cm³/mol. The van der Waals surface area contributed by atoms with Crippen LogP contribution in [0.25, 0.3) is 11.3 Å². The van der Waals surface area contributed by atoms with Gasteiger partial charge in [-0.3, -0.25) is 4.79 Å². The molecule has 0 aliphatic carbocycles. The molecule has 3 aromatic rings. The third-order valence-corrected chi connectivity index (χ3v) is 4.44. The van der Waals surface area contributed by atoms with E-state index in [-0.39, 0.29) is 11.6 Å². The standard InChI is InChI=1S/C18H14Cl2N4O2/c1-11-5-7-12(8-6-11)15-9-21-24(18(26)23-15)10-16(25)22-14-4-2-3-13(19)17(14)20/h2-9H,10H2,1H3,(H,22,25). The van der Waals surface area contributed by atoms with Crippen molar-refractivity contribution in [2.24, 2.45) is 0 Å². The van der Waals surface area contributed by atoms with Gasteiger partial charge in [-0.25, -0.2) is 9.48 Å². The Morgan fingerprint density at radius 1 is 1.15 bits per heavy atom. The second kappa shape index (κ2) is 7.68. The second-order valence-corrected chi connectivity index (χ2v) is 6.38. The Morgan fingerprint density at radius 3 is 2.58 bits per heavy atom. The van der Waals surface area contributed by atoms with E-state index in [1.165, 1.54) is 6.20 Å². The number of carbonyl (C=O) groups excluding carboxylic acids is 1. The molecule has 6 nitrogen and oxygen atoms in total. The average molecular weight is 389 g/mol. The number of halogens is 2. The molecule has 0 saturated heterocycles. The van der Waals surface area contributed by atoms with E-state index >= 15 is 0 Å². The highest BCUT2D eigenvalue weighted by atomic mass is 35.5. The number of benzene rings is 2. The lowest BCUT2D eigenvalue weighted by atomic mass is 10.1. The molecule has 1 aromatic heterocycles. The quantitative estimate of drug-likeness (QED) is 0.740. The van der Waals surface area contributed by atoms with E-state index in [1.807, 2.05) is 31.2 Å². The van der Waals surface area contributed by atoms with Gasteiger partial charge in [-0.15, -0.1) is 0 Å². The van der Waals surface area contributed by atoms with Gasteiger partial charge in [0.25, 0.3) is 0 Å². The molecule has 8 heteroatoms. The lowest BCUT2D eigenvalue weighted by Crippen LogP contribution is -2.31. The first kappa shape index (κ1) is 18.1. The van der Waals surface area contributed by atoms with Crippen LogP contribution in [0.15, 0.2) is 53.5 Å². The number of aromatic nitrogens is 3. The molecule has 3 rings (SSSR count).